The quantitative estimate of drug-likeness (QED) is 0.903. The van der Waals surface area contributed by atoms with Crippen LogP contribution in [-0.2, 0) is 11.8 Å². The van der Waals surface area contributed by atoms with Crippen LogP contribution >= 0.6 is 0 Å². The molecule has 20 heavy (non-hydrogen) atoms. The monoisotopic (exact) mass is 289 g/mol. The highest BCUT2D eigenvalue weighted by Gasteiger charge is 2.31. The van der Waals surface area contributed by atoms with Gasteiger partial charge in [0.1, 0.15) is 5.75 Å². The fourth-order valence-corrected chi connectivity index (χ4v) is 1.82. The highest BCUT2D eigenvalue weighted by molar-refractivity contribution is 5.38. The molecule has 0 aliphatic rings. The van der Waals surface area contributed by atoms with E-state index in [1.54, 1.807) is 0 Å². The third-order valence-electron chi connectivity index (χ3n) is 2.95. The van der Waals surface area contributed by atoms with Gasteiger partial charge in [-0.2, -0.15) is 0 Å². The van der Waals surface area contributed by atoms with Gasteiger partial charge in [-0.1, -0.05) is 26.8 Å². The second kappa shape index (κ2) is 6.04. The maximum Gasteiger partial charge on any atom is 0.573 e. The number of nitrogens with two attached hydrogens (primary N) is 1. The van der Waals surface area contributed by atoms with Crippen LogP contribution in [0.3, 0.4) is 0 Å². The second-order valence-electron chi connectivity index (χ2n) is 6.18. The molecule has 1 atom stereocenters. The average Bonchev–Trinajstić information content (AvgIpc) is 2.22. The van der Waals surface area contributed by atoms with Crippen molar-refractivity contribution in [3.8, 4) is 5.75 Å². The van der Waals surface area contributed by atoms with Crippen molar-refractivity contribution in [2.45, 2.75) is 58.4 Å². The zero-order valence-corrected chi connectivity index (χ0v) is 12.3. The van der Waals surface area contributed by atoms with Crippen LogP contribution in [0.25, 0.3) is 0 Å². The van der Waals surface area contributed by atoms with Crippen molar-refractivity contribution in [2.75, 3.05) is 0 Å². The molecule has 1 aromatic rings. The molecule has 1 aromatic carbocycles. The molecule has 0 bridgehead atoms. The van der Waals surface area contributed by atoms with Crippen LogP contribution in [0.1, 0.15) is 45.2 Å². The summed E-state index contributed by atoms with van der Waals surface area (Å²) >= 11 is 0. The zero-order valence-electron chi connectivity index (χ0n) is 12.3. The topological polar surface area (TPSA) is 35.2 Å². The summed E-state index contributed by atoms with van der Waals surface area (Å²) < 4.78 is 41.2. The molecule has 0 unspecified atom stereocenters. The van der Waals surface area contributed by atoms with Crippen LogP contribution in [0.15, 0.2) is 18.2 Å². The lowest BCUT2D eigenvalue weighted by Gasteiger charge is -2.22. The first-order chi connectivity index (χ1) is 8.97. The van der Waals surface area contributed by atoms with Crippen LogP contribution in [-0.4, -0.2) is 12.4 Å². The van der Waals surface area contributed by atoms with E-state index >= 15 is 0 Å². The van der Waals surface area contributed by atoms with E-state index in [0.29, 0.717) is 6.42 Å². The number of alkyl halides is 3. The maximum atomic E-state index is 12.4. The van der Waals surface area contributed by atoms with Crippen molar-refractivity contribution >= 4 is 0 Å². The van der Waals surface area contributed by atoms with Gasteiger partial charge in [-0.15, -0.1) is 13.2 Å². The Morgan fingerprint density at radius 2 is 1.75 bits per heavy atom. The lowest BCUT2D eigenvalue weighted by Crippen LogP contribution is -2.19. The second-order valence-corrected chi connectivity index (χ2v) is 6.18. The molecule has 2 nitrogen and oxygen atoms in total. The lowest BCUT2D eigenvalue weighted by molar-refractivity contribution is -0.274. The third-order valence-corrected chi connectivity index (χ3v) is 2.95. The van der Waals surface area contributed by atoms with Gasteiger partial charge >= 0.3 is 6.36 Å². The number of benzene rings is 1. The molecule has 5 heteroatoms. The molecule has 0 amide bonds. The highest BCUT2D eigenvalue weighted by atomic mass is 19.4. The standard InChI is InChI=1S/C15H22F3NO/c1-10(19)5-6-11-7-12(14(2,3)4)9-13(8-11)20-15(16,17)18/h7-10H,5-6,19H2,1-4H3/t10-/m0/s1. The minimum absolute atomic E-state index is 0.0141. The Morgan fingerprint density at radius 3 is 2.20 bits per heavy atom. The molecule has 2 N–H and O–H groups in total. The molecular formula is C15H22F3NO. The van der Waals surface area contributed by atoms with Gasteiger partial charge in [-0.05, 0) is 48.4 Å². The first-order valence-corrected chi connectivity index (χ1v) is 6.63. The van der Waals surface area contributed by atoms with Gasteiger partial charge in [-0.25, -0.2) is 0 Å². The van der Waals surface area contributed by atoms with Gasteiger partial charge in [0.25, 0.3) is 0 Å². The molecule has 0 saturated carbocycles. The van der Waals surface area contributed by atoms with E-state index in [0.717, 1.165) is 17.5 Å². The van der Waals surface area contributed by atoms with E-state index in [1.807, 2.05) is 33.8 Å². The fraction of sp³-hybridized carbons (Fsp3) is 0.600. The summed E-state index contributed by atoms with van der Waals surface area (Å²) in [5.41, 5.74) is 7.08. The summed E-state index contributed by atoms with van der Waals surface area (Å²) in [6, 6.07) is 4.82. The number of hydrogen-bond donors (Lipinski definition) is 1. The van der Waals surface area contributed by atoms with Crippen molar-refractivity contribution in [3.05, 3.63) is 29.3 Å². The summed E-state index contributed by atoms with van der Waals surface area (Å²) in [6.45, 7) is 7.74. The largest absolute Gasteiger partial charge is 0.573 e. The summed E-state index contributed by atoms with van der Waals surface area (Å²) in [7, 11) is 0. The van der Waals surface area contributed by atoms with Crippen LogP contribution in [0, 0.1) is 0 Å². The molecule has 0 radical (unpaired) electrons. The van der Waals surface area contributed by atoms with Crippen molar-refractivity contribution in [1.29, 1.82) is 0 Å². The SMILES string of the molecule is C[C@H](N)CCc1cc(OC(F)(F)F)cc(C(C)(C)C)c1. The first kappa shape index (κ1) is 16.8. The van der Waals surface area contributed by atoms with Gasteiger partial charge in [0, 0.05) is 6.04 Å². The molecular weight excluding hydrogens is 267 g/mol. The maximum absolute atomic E-state index is 12.4. The summed E-state index contributed by atoms with van der Waals surface area (Å²) in [5, 5.41) is 0. The van der Waals surface area contributed by atoms with E-state index in [9.17, 15) is 13.2 Å². The Bertz CT molecular complexity index is 447. The number of aryl methyl sites for hydroxylation is 1. The number of hydrogen-bond acceptors (Lipinski definition) is 2. The normalized spacial score (nSPS) is 14.2. The van der Waals surface area contributed by atoms with E-state index in [4.69, 9.17) is 5.73 Å². The van der Waals surface area contributed by atoms with E-state index in [2.05, 4.69) is 4.74 Å². The Hall–Kier alpha value is -1.23. The van der Waals surface area contributed by atoms with Gasteiger partial charge < -0.3 is 10.5 Å². The van der Waals surface area contributed by atoms with Crippen LogP contribution in [0.4, 0.5) is 13.2 Å². The fourth-order valence-electron chi connectivity index (χ4n) is 1.82. The Balaban J connectivity index is 3.08. The smallest absolute Gasteiger partial charge is 0.406 e. The molecule has 0 spiro atoms. The van der Waals surface area contributed by atoms with Crippen LogP contribution in [0.2, 0.25) is 0 Å². The molecule has 0 aliphatic heterocycles. The summed E-state index contributed by atoms with van der Waals surface area (Å²) in [4.78, 5) is 0. The Morgan fingerprint density at radius 1 is 1.15 bits per heavy atom. The predicted octanol–water partition coefficient (Wildman–Crippen LogP) is 4.16. The summed E-state index contributed by atoms with van der Waals surface area (Å²) in [6.07, 6.45) is -3.32. The first-order valence-electron chi connectivity index (χ1n) is 6.63. The molecule has 114 valence electrons. The molecule has 0 aliphatic carbocycles. The van der Waals surface area contributed by atoms with E-state index in [1.165, 1.54) is 12.1 Å². The molecule has 0 fully saturated rings. The lowest BCUT2D eigenvalue weighted by atomic mass is 9.85. The van der Waals surface area contributed by atoms with Gasteiger partial charge in [-0.3, -0.25) is 0 Å². The van der Waals surface area contributed by atoms with Gasteiger partial charge in [0.15, 0.2) is 0 Å². The van der Waals surface area contributed by atoms with Gasteiger partial charge in [0.2, 0.25) is 0 Å². The number of rotatable bonds is 4. The van der Waals surface area contributed by atoms with Crippen LogP contribution < -0.4 is 10.5 Å². The van der Waals surface area contributed by atoms with E-state index in [-0.39, 0.29) is 17.2 Å². The van der Waals surface area contributed by atoms with Crippen molar-refractivity contribution < 1.29 is 17.9 Å². The molecule has 0 aromatic heterocycles. The van der Waals surface area contributed by atoms with Crippen molar-refractivity contribution in [2.24, 2.45) is 5.73 Å². The predicted molar refractivity (Wildman–Crippen MR) is 73.8 cm³/mol. The number of ether oxygens (including phenoxy) is 1. The minimum Gasteiger partial charge on any atom is -0.406 e. The average molecular weight is 289 g/mol. The summed E-state index contributed by atoms with van der Waals surface area (Å²) in [5.74, 6) is -0.162. The Kier molecular flexibility index (Phi) is 5.08. The minimum atomic E-state index is -4.67. The van der Waals surface area contributed by atoms with Gasteiger partial charge in [0.05, 0.1) is 0 Å². The van der Waals surface area contributed by atoms with Crippen molar-refractivity contribution in [3.63, 3.8) is 0 Å². The molecule has 0 saturated heterocycles. The van der Waals surface area contributed by atoms with Crippen molar-refractivity contribution in [1.82, 2.24) is 0 Å². The Labute approximate surface area is 118 Å². The van der Waals surface area contributed by atoms with Crippen LogP contribution in [0.5, 0.6) is 5.75 Å². The molecule has 0 heterocycles. The number of halogens is 3. The zero-order chi connectivity index (χ0) is 15.6. The molecule has 1 rings (SSSR count). The highest BCUT2D eigenvalue weighted by Crippen LogP contribution is 2.31. The third kappa shape index (κ3) is 5.82. The van der Waals surface area contributed by atoms with E-state index < -0.39 is 6.36 Å².